The van der Waals surface area contributed by atoms with Gasteiger partial charge in [0.25, 0.3) is 5.91 Å². The molecule has 118 valence electrons. The molecule has 4 nitrogen and oxygen atoms in total. The van der Waals surface area contributed by atoms with Crippen LogP contribution in [-0.2, 0) is 5.41 Å². The largest absolute Gasteiger partial charge is 0.422 e. The zero-order chi connectivity index (χ0) is 16.4. The number of nitrogens with one attached hydrogen (secondary N) is 1. The molecule has 23 heavy (non-hydrogen) atoms. The fraction of sp³-hybridized carbons (Fsp3) is 0.222. The second kappa shape index (κ2) is 6.01. The molecule has 0 aliphatic carbocycles. The van der Waals surface area contributed by atoms with Gasteiger partial charge in [-0.25, -0.2) is 4.79 Å². The Balaban J connectivity index is 1.81. The van der Waals surface area contributed by atoms with E-state index in [9.17, 15) is 9.59 Å². The van der Waals surface area contributed by atoms with E-state index >= 15 is 0 Å². The molecule has 0 aliphatic heterocycles. The lowest BCUT2D eigenvalue weighted by Gasteiger charge is -2.23. The number of fused-ring (bicyclic) bond motifs is 1. The Morgan fingerprint density at radius 2 is 2.00 bits per heavy atom. The first-order valence-electron chi connectivity index (χ1n) is 7.32. The molecule has 0 saturated heterocycles. The van der Waals surface area contributed by atoms with Gasteiger partial charge in [-0.15, -0.1) is 11.3 Å². The number of para-hydroxylation sites is 1. The van der Waals surface area contributed by atoms with Crippen LogP contribution in [0.15, 0.2) is 57.1 Å². The molecule has 3 aromatic rings. The van der Waals surface area contributed by atoms with Crippen LogP contribution in [0.3, 0.4) is 0 Å². The van der Waals surface area contributed by atoms with Crippen molar-refractivity contribution in [2.24, 2.45) is 0 Å². The summed E-state index contributed by atoms with van der Waals surface area (Å²) >= 11 is 1.65. The number of carbonyl (C=O) groups is 1. The second-order valence-corrected chi connectivity index (χ2v) is 6.98. The molecule has 0 spiro atoms. The Hall–Kier alpha value is -2.40. The predicted molar refractivity (Wildman–Crippen MR) is 92.2 cm³/mol. The zero-order valence-electron chi connectivity index (χ0n) is 13.0. The molecule has 3 rings (SSSR count). The number of benzene rings is 1. The summed E-state index contributed by atoms with van der Waals surface area (Å²) in [6, 6.07) is 12.7. The number of hydrogen-bond donors (Lipinski definition) is 1. The van der Waals surface area contributed by atoms with Gasteiger partial charge in [-0.2, -0.15) is 0 Å². The molecule has 5 heteroatoms. The summed E-state index contributed by atoms with van der Waals surface area (Å²) in [5, 5.41) is 5.58. The van der Waals surface area contributed by atoms with E-state index in [1.807, 2.05) is 29.6 Å². The zero-order valence-corrected chi connectivity index (χ0v) is 13.8. The molecule has 0 saturated carbocycles. The highest BCUT2D eigenvalue weighted by Gasteiger charge is 2.23. The van der Waals surface area contributed by atoms with Gasteiger partial charge in [0.15, 0.2) is 0 Å². The van der Waals surface area contributed by atoms with Crippen molar-refractivity contribution in [1.82, 2.24) is 5.32 Å². The van der Waals surface area contributed by atoms with Gasteiger partial charge in [-0.3, -0.25) is 4.79 Å². The van der Waals surface area contributed by atoms with Crippen molar-refractivity contribution in [1.29, 1.82) is 0 Å². The van der Waals surface area contributed by atoms with Crippen LogP contribution in [-0.4, -0.2) is 12.5 Å². The molecule has 2 aromatic heterocycles. The normalized spacial score (nSPS) is 11.6. The van der Waals surface area contributed by atoms with Gasteiger partial charge in [-0.05, 0) is 23.6 Å². The lowest BCUT2D eigenvalue weighted by atomic mass is 9.91. The molecule has 0 fully saturated rings. The standard InChI is InChI=1S/C18H17NO3S/c1-18(2,15-8-5-9-23-15)11-19-16(20)13-10-12-6-3-4-7-14(12)22-17(13)21/h3-10H,11H2,1-2H3,(H,19,20). The molecule has 2 heterocycles. The second-order valence-electron chi connectivity index (χ2n) is 6.03. The molecule has 1 aromatic carbocycles. The average molecular weight is 327 g/mol. The summed E-state index contributed by atoms with van der Waals surface area (Å²) in [5.74, 6) is -0.408. The highest BCUT2D eigenvalue weighted by molar-refractivity contribution is 7.10. The third kappa shape index (κ3) is 3.19. The number of carbonyl (C=O) groups excluding carboxylic acids is 1. The molecular weight excluding hydrogens is 310 g/mol. The molecular formula is C18H17NO3S. The Kier molecular flexibility index (Phi) is 4.05. The van der Waals surface area contributed by atoms with Crippen molar-refractivity contribution >= 4 is 28.2 Å². The monoisotopic (exact) mass is 327 g/mol. The van der Waals surface area contributed by atoms with Crippen LogP contribution in [0.4, 0.5) is 0 Å². The van der Waals surface area contributed by atoms with E-state index in [1.165, 1.54) is 4.88 Å². The van der Waals surface area contributed by atoms with Crippen molar-refractivity contribution in [3.63, 3.8) is 0 Å². The topological polar surface area (TPSA) is 59.3 Å². The van der Waals surface area contributed by atoms with Gasteiger partial charge in [0.05, 0.1) is 0 Å². The average Bonchev–Trinajstić information content (AvgIpc) is 3.07. The summed E-state index contributed by atoms with van der Waals surface area (Å²) in [5.41, 5.74) is -0.297. The summed E-state index contributed by atoms with van der Waals surface area (Å²) in [4.78, 5) is 25.5. The number of hydrogen-bond acceptors (Lipinski definition) is 4. The SMILES string of the molecule is CC(C)(CNC(=O)c1cc2ccccc2oc1=O)c1cccs1. The smallest absolute Gasteiger partial charge is 0.349 e. The number of thiophene rings is 1. The van der Waals surface area contributed by atoms with E-state index in [0.717, 1.165) is 5.39 Å². The highest BCUT2D eigenvalue weighted by atomic mass is 32.1. The van der Waals surface area contributed by atoms with Crippen molar-refractivity contribution in [3.05, 3.63) is 68.7 Å². The van der Waals surface area contributed by atoms with Gasteiger partial charge >= 0.3 is 5.63 Å². The van der Waals surface area contributed by atoms with Gasteiger partial charge in [0.1, 0.15) is 11.1 Å². The first-order valence-corrected chi connectivity index (χ1v) is 8.20. The van der Waals surface area contributed by atoms with Crippen LogP contribution in [0, 0.1) is 0 Å². The first kappa shape index (κ1) is 15.5. The van der Waals surface area contributed by atoms with Crippen molar-refractivity contribution in [2.75, 3.05) is 6.54 Å². The van der Waals surface area contributed by atoms with E-state index in [4.69, 9.17) is 4.42 Å². The predicted octanol–water partition coefficient (Wildman–Crippen LogP) is 3.56. The van der Waals surface area contributed by atoms with Gasteiger partial charge in [0, 0.05) is 22.2 Å². The molecule has 1 amide bonds. The quantitative estimate of drug-likeness (QED) is 0.745. The molecule has 0 aliphatic rings. The summed E-state index contributed by atoms with van der Waals surface area (Å²) < 4.78 is 5.20. The summed E-state index contributed by atoms with van der Waals surface area (Å²) in [6.07, 6.45) is 0. The maximum atomic E-state index is 12.4. The van der Waals surface area contributed by atoms with Crippen LogP contribution in [0.1, 0.15) is 29.1 Å². The molecule has 0 unspecified atom stereocenters. The van der Waals surface area contributed by atoms with Crippen molar-refractivity contribution in [3.8, 4) is 0 Å². The summed E-state index contributed by atoms with van der Waals surface area (Å²) in [7, 11) is 0. The fourth-order valence-electron chi connectivity index (χ4n) is 2.37. The highest BCUT2D eigenvalue weighted by Crippen LogP contribution is 2.26. The van der Waals surface area contributed by atoms with E-state index in [1.54, 1.807) is 29.5 Å². The van der Waals surface area contributed by atoms with Crippen molar-refractivity contribution in [2.45, 2.75) is 19.3 Å². The maximum absolute atomic E-state index is 12.4. The van der Waals surface area contributed by atoms with Crippen LogP contribution in [0.25, 0.3) is 11.0 Å². The number of rotatable bonds is 4. The Bertz CT molecular complexity index is 894. The summed E-state index contributed by atoms with van der Waals surface area (Å²) in [6.45, 7) is 4.56. The van der Waals surface area contributed by atoms with Crippen LogP contribution < -0.4 is 10.9 Å². The maximum Gasteiger partial charge on any atom is 0.349 e. The molecule has 0 atom stereocenters. The van der Waals surface area contributed by atoms with E-state index in [-0.39, 0.29) is 11.0 Å². The minimum Gasteiger partial charge on any atom is -0.422 e. The third-order valence-corrected chi connectivity index (χ3v) is 5.00. The lowest BCUT2D eigenvalue weighted by Crippen LogP contribution is -2.37. The first-order chi connectivity index (χ1) is 11.0. The van der Waals surface area contributed by atoms with Crippen molar-refractivity contribution < 1.29 is 9.21 Å². The lowest BCUT2D eigenvalue weighted by molar-refractivity contribution is 0.0942. The number of amides is 1. The van der Waals surface area contributed by atoms with E-state index in [0.29, 0.717) is 12.1 Å². The third-order valence-electron chi connectivity index (χ3n) is 3.77. The van der Waals surface area contributed by atoms with E-state index < -0.39 is 11.5 Å². The van der Waals surface area contributed by atoms with Crippen LogP contribution in [0.2, 0.25) is 0 Å². The minimum absolute atomic E-state index is 0.0330. The van der Waals surface area contributed by atoms with Crippen LogP contribution in [0.5, 0.6) is 0 Å². The van der Waals surface area contributed by atoms with E-state index in [2.05, 4.69) is 19.2 Å². The Labute approximate surface area is 137 Å². The van der Waals surface area contributed by atoms with Gasteiger partial charge in [0.2, 0.25) is 0 Å². The Morgan fingerprint density at radius 1 is 1.22 bits per heavy atom. The fourth-order valence-corrected chi connectivity index (χ4v) is 3.22. The minimum atomic E-state index is -0.616. The van der Waals surface area contributed by atoms with Crippen LogP contribution >= 0.6 is 11.3 Å². The Morgan fingerprint density at radius 3 is 2.74 bits per heavy atom. The molecule has 1 N–H and O–H groups in total. The molecule has 0 radical (unpaired) electrons. The van der Waals surface area contributed by atoms with Gasteiger partial charge in [-0.1, -0.05) is 38.1 Å². The molecule has 0 bridgehead atoms. The van der Waals surface area contributed by atoms with Gasteiger partial charge < -0.3 is 9.73 Å².